The third-order valence-electron chi connectivity index (χ3n) is 4.33. The van der Waals surface area contributed by atoms with Crippen LogP contribution in [-0.4, -0.2) is 51.8 Å². The average Bonchev–Trinajstić information content (AvgIpc) is 2.45. The summed E-state index contributed by atoms with van der Waals surface area (Å²) < 4.78 is 24.8. The van der Waals surface area contributed by atoms with Gasteiger partial charge in [0.2, 0.25) is 0 Å². The number of rotatable bonds is 6. The molecule has 1 fully saturated rings. The zero-order chi connectivity index (χ0) is 16.2. The van der Waals surface area contributed by atoms with Crippen LogP contribution in [0.15, 0.2) is 29.2 Å². The molecule has 1 N–H and O–H groups in total. The minimum Gasteiger partial charge on any atom is -0.313 e. The molecule has 4 nitrogen and oxygen atoms in total. The van der Waals surface area contributed by atoms with Crippen LogP contribution in [-0.2, 0) is 9.84 Å². The Morgan fingerprint density at radius 1 is 1.32 bits per heavy atom. The summed E-state index contributed by atoms with van der Waals surface area (Å²) in [5, 5.41) is 3.40. The molecule has 1 aliphatic heterocycles. The molecule has 1 aromatic carbocycles. The number of likely N-dealkylation sites (tertiary alicyclic amines) is 1. The molecule has 0 spiro atoms. The Kier molecular flexibility index (Phi) is 6.01. The lowest BCUT2D eigenvalue weighted by Gasteiger charge is -2.30. The highest BCUT2D eigenvalue weighted by atomic mass is 32.2. The Hall–Kier alpha value is -0.910. The summed E-state index contributed by atoms with van der Waals surface area (Å²) in [4.78, 5) is 2.77. The predicted molar refractivity (Wildman–Crippen MR) is 90.9 cm³/mol. The van der Waals surface area contributed by atoms with Crippen molar-refractivity contribution in [2.45, 2.75) is 37.6 Å². The van der Waals surface area contributed by atoms with Crippen molar-refractivity contribution in [3.63, 3.8) is 0 Å². The minimum absolute atomic E-state index is 0.0291. The largest absolute Gasteiger partial charge is 0.313 e. The summed E-state index contributed by atoms with van der Waals surface area (Å²) in [5.74, 6) is 0.779. The zero-order valence-electron chi connectivity index (χ0n) is 13.9. The Bertz CT molecular complexity index is 569. The molecule has 5 heteroatoms. The smallest absolute Gasteiger partial charge is 0.179 e. The second-order valence-corrected chi connectivity index (χ2v) is 8.71. The van der Waals surface area contributed by atoms with Crippen LogP contribution in [0.2, 0.25) is 0 Å². The van der Waals surface area contributed by atoms with Crippen LogP contribution in [0.3, 0.4) is 0 Å². The van der Waals surface area contributed by atoms with Gasteiger partial charge in [0, 0.05) is 12.6 Å². The molecular weight excluding hydrogens is 296 g/mol. The van der Waals surface area contributed by atoms with Crippen molar-refractivity contribution in [1.82, 2.24) is 10.2 Å². The SMILES string of the molecule is Cc1ccc(S(=O)(=O)C[C@H](C)NC[C@H]2CCCN(C)C2)cc1. The maximum atomic E-state index is 12.4. The molecule has 0 amide bonds. The number of nitrogens with zero attached hydrogens (tertiary/aromatic N) is 1. The summed E-state index contributed by atoms with van der Waals surface area (Å²) in [6.07, 6.45) is 2.47. The minimum atomic E-state index is -3.21. The van der Waals surface area contributed by atoms with E-state index in [4.69, 9.17) is 0 Å². The Labute approximate surface area is 134 Å². The fraction of sp³-hybridized carbons (Fsp3) is 0.647. The van der Waals surface area contributed by atoms with E-state index < -0.39 is 9.84 Å². The standard InChI is InChI=1S/C17H28N2O2S/c1-14-6-8-17(9-7-14)22(20,21)13-15(2)18-11-16-5-4-10-19(3)12-16/h6-9,15-16,18H,4-5,10-13H2,1-3H3/t15-,16+/m0/s1. The molecule has 0 unspecified atom stereocenters. The van der Waals surface area contributed by atoms with E-state index in [9.17, 15) is 8.42 Å². The monoisotopic (exact) mass is 324 g/mol. The van der Waals surface area contributed by atoms with Gasteiger partial charge in [0.25, 0.3) is 0 Å². The summed E-state index contributed by atoms with van der Waals surface area (Å²) in [6, 6.07) is 7.07. The first kappa shape index (κ1) is 17.4. The third kappa shape index (κ3) is 5.07. The van der Waals surface area contributed by atoms with Gasteiger partial charge in [-0.3, -0.25) is 0 Å². The van der Waals surface area contributed by atoms with Crippen LogP contribution >= 0.6 is 0 Å². The molecule has 0 aromatic heterocycles. The van der Waals surface area contributed by atoms with Gasteiger partial charge in [-0.05, 0) is 64.9 Å². The van der Waals surface area contributed by atoms with Gasteiger partial charge in [-0.2, -0.15) is 0 Å². The molecule has 0 aliphatic carbocycles. The van der Waals surface area contributed by atoms with E-state index in [1.54, 1.807) is 12.1 Å². The van der Waals surface area contributed by atoms with Crippen LogP contribution in [0.5, 0.6) is 0 Å². The molecule has 0 radical (unpaired) electrons. The lowest BCUT2D eigenvalue weighted by atomic mass is 9.98. The molecule has 0 saturated carbocycles. The van der Waals surface area contributed by atoms with Crippen molar-refractivity contribution in [1.29, 1.82) is 0 Å². The number of aryl methyl sites for hydroxylation is 1. The van der Waals surface area contributed by atoms with Gasteiger partial charge in [-0.1, -0.05) is 17.7 Å². The van der Waals surface area contributed by atoms with Gasteiger partial charge in [-0.15, -0.1) is 0 Å². The van der Waals surface area contributed by atoms with Crippen molar-refractivity contribution in [3.05, 3.63) is 29.8 Å². The van der Waals surface area contributed by atoms with Crippen molar-refractivity contribution < 1.29 is 8.42 Å². The molecule has 2 rings (SSSR count). The van der Waals surface area contributed by atoms with Gasteiger partial charge in [0.15, 0.2) is 9.84 Å². The first-order valence-corrected chi connectivity index (χ1v) is 9.73. The maximum Gasteiger partial charge on any atom is 0.179 e. The van der Waals surface area contributed by atoms with Crippen molar-refractivity contribution in [3.8, 4) is 0 Å². The average molecular weight is 324 g/mol. The fourth-order valence-corrected chi connectivity index (χ4v) is 4.56. The number of sulfone groups is 1. The van der Waals surface area contributed by atoms with Gasteiger partial charge in [0.05, 0.1) is 10.6 Å². The fourth-order valence-electron chi connectivity index (χ4n) is 3.04. The summed E-state index contributed by atoms with van der Waals surface area (Å²) in [7, 11) is -1.06. The van der Waals surface area contributed by atoms with Crippen LogP contribution in [0.1, 0.15) is 25.3 Å². The Morgan fingerprint density at radius 3 is 2.64 bits per heavy atom. The normalized spacial score (nSPS) is 21.7. The zero-order valence-corrected chi connectivity index (χ0v) is 14.7. The van der Waals surface area contributed by atoms with E-state index in [-0.39, 0.29) is 11.8 Å². The Balaban J connectivity index is 1.85. The molecule has 1 heterocycles. The van der Waals surface area contributed by atoms with E-state index in [0.29, 0.717) is 10.8 Å². The number of benzene rings is 1. The quantitative estimate of drug-likeness (QED) is 0.870. The molecule has 2 atom stereocenters. The van der Waals surface area contributed by atoms with E-state index in [1.165, 1.54) is 19.4 Å². The molecule has 1 saturated heterocycles. The lowest BCUT2D eigenvalue weighted by Crippen LogP contribution is -2.41. The highest BCUT2D eigenvalue weighted by molar-refractivity contribution is 7.91. The van der Waals surface area contributed by atoms with Crippen LogP contribution in [0.25, 0.3) is 0 Å². The maximum absolute atomic E-state index is 12.4. The summed E-state index contributed by atoms with van der Waals surface area (Å²) >= 11 is 0. The first-order valence-electron chi connectivity index (χ1n) is 8.08. The molecular formula is C17H28N2O2S. The second-order valence-electron chi connectivity index (χ2n) is 6.67. The molecule has 1 aliphatic rings. The van der Waals surface area contributed by atoms with Crippen molar-refractivity contribution in [2.24, 2.45) is 5.92 Å². The number of hydrogen-bond acceptors (Lipinski definition) is 4. The number of nitrogens with one attached hydrogen (secondary N) is 1. The molecule has 0 bridgehead atoms. The molecule has 124 valence electrons. The number of hydrogen-bond donors (Lipinski definition) is 1. The summed E-state index contributed by atoms with van der Waals surface area (Å²) in [5.41, 5.74) is 1.08. The topological polar surface area (TPSA) is 49.4 Å². The molecule has 1 aromatic rings. The highest BCUT2D eigenvalue weighted by Gasteiger charge is 2.21. The third-order valence-corrected chi connectivity index (χ3v) is 6.26. The van der Waals surface area contributed by atoms with Gasteiger partial charge >= 0.3 is 0 Å². The van der Waals surface area contributed by atoms with E-state index in [0.717, 1.165) is 18.7 Å². The first-order chi connectivity index (χ1) is 10.4. The Morgan fingerprint density at radius 2 is 2.00 bits per heavy atom. The van der Waals surface area contributed by atoms with Crippen LogP contribution < -0.4 is 5.32 Å². The van der Waals surface area contributed by atoms with Crippen molar-refractivity contribution >= 4 is 9.84 Å². The predicted octanol–water partition coefficient (Wildman–Crippen LogP) is 2.09. The number of piperidine rings is 1. The lowest BCUT2D eigenvalue weighted by molar-refractivity contribution is 0.204. The van der Waals surface area contributed by atoms with Crippen molar-refractivity contribution in [2.75, 3.05) is 32.4 Å². The van der Waals surface area contributed by atoms with Crippen LogP contribution in [0, 0.1) is 12.8 Å². The van der Waals surface area contributed by atoms with Gasteiger partial charge in [-0.25, -0.2) is 8.42 Å². The van der Waals surface area contributed by atoms with Gasteiger partial charge in [0.1, 0.15) is 0 Å². The van der Waals surface area contributed by atoms with E-state index >= 15 is 0 Å². The van der Waals surface area contributed by atoms with Crippen LogP contribution in [0.4, 0.5) is 0 Å². The van der Waals surface area contributed by atoms with E-state index in [1.807, 2.05) is 26.0 Å². The molecule has 22 heavy (non-hydrogen) atoms. The van der Waals surface area contributed by atoms with E-state index in [2.05, 4.69) is 17.3 Å². The highest BCUT2D eigenvalue weighted by Crippen LogP contribution is 2.15. The second kappa shape index (κ2) is 7.57. The summed E-state index contributed by atoms with van der Waals surface area (Å²) in [6.45, 7) is 7.09. The van der Waals surface area contributed by atoms with Gasteiger partial charge < -0.3 is 10.2 Å².